The Hall–Kier alpha value is -2.34. The number of rotatable bonds is 3. The number of Topliss-reactive ketones (excluding diaryl/α,β-unsaturated/α-hetero) is 1. The van der Waals surface area contributed by atoms with Crippen molar-refractivity contribution >= 4 is 5.78 Å². The predicted octanol–water partition coefficient (Wildman–Crippen LogP) is 5.57. The van der Waals surface area contributed by atoms with Gasteiger partial charge in [0.2, 0.25) is 0 Å². The van der Waals surface area contributed by atoms with Crippen molar-refractivity contribution in [2.45, 2.75) is 56.6 Å². The Balaban J connectivity index is 1.42. The number of alkyl halides is 3. The average molecular weight is 390 g/mol. The Kier molecular flexibility index (Phi) is 4.91. The first-order valence-corrected chi connectivity index (χ1v) is 9.44. The van der Waals surface area contributed by atoms with E-state index in [1.807, 2.05) is 30.3 Å². The molecule has 6 heteroatoms. The van der Waals surface area contributed by atoms with Crippen LogP contribution in [0.1, 0.15) is 53.6 Å². The molecular formula is C22H21F3O3. The summed E-state index contributed by atoms with van der Waals surface area (Å²) in [5, 5.41) is 0. The molecule has 148 valence electrons. The molecule has 1 fully saturated rings. The van der Waals surface area contributed by atoms with Gasteiger partial charge < -0.3 is 9.47 Å². The van der Waals surface area contributed by atoms with Crippen LogP contribution in [0.4, 0.5) is 13.2 Å². The molecule has 0 saturated heterocycles. The van der Waals surface area contributed by atoms with Crippen molar-refractivity contribution < 1.29 is 27.4 Å². The summed E-state index contributed by atoms with van der Waals surface area (Å²) >= 11 is 0. The van der Waals surface area contributed by atoms with Gasteiger partial charge in [-0.2, -0.15) is 13.2 Å². The van der Waals surface area contributed by atoms with Gasteiger partial charge in [-0.3, -0.25) is 4.79 Å². The number of carbonyl (C=O) groups is 1. The van der Waals surface area contributed by atoms with Gasteiger partial charge in [0.15, 0.2) is 5.78 Å². The molecule has 2 aromatic carbocycles. The van der Waals surface area contributed by atoms with E-state index >= 15 is 0 Å². The van der Waals surface area contributed by atoms with Crippen LogP contribution in [0, 0.1) is 0 Å². The molecule has 0 aromatic heterocycles. The Morgan fingerprint density at radius 1 is 1.07 bits per heavy atom. The maximum atomic E-state index is 13.0. The number of ether oxygens (including phenoxy) is 2. The highest BCUT2D eigenvalue weighted by Crippen LogP contribution is 2.44. The predicted molar refractivity (Wildman–Crippen MR) is 97.2 cm³/mol. The Morgan fingerprint density at radius 2 is 1.79 bits per heavy atom. The van der Waals surface area contributed by atoms with Crippen LogP contribution >= 0.6 is 0 Å². The first-order valence-electron chi connectivity index (χ1n) is 9.44. The maximum absolute atomic E-state index is 13.0. The highest BCUT2D eigenvalue weighted by Gasteiger charge is 2.44. The van der Waals surface area contributed by atoms with Gasteiger partial charge >= 0.3 is 6.18 Å². The van der Waals surface area contributed by atoms with E-state index in [0.29, 0.717) is 32.3 Å². The fraction of sp³-hybridized carbons (Fsp3) is 0.409. The molecule has 2 aliphatic rings. The molecule has 0 unspecified atom stereocenters. The molecular weight excluding hydrogens is 369 g/mol. The molecule has 4 rings (SSSR count). The molecule has 0 atom stereocenters. The lowest BCUT2D eigenvalue weighted by Crippen LogP contribution is -2.46. The summed E-state index contributed by atoms with van der Waals surface area (Å²) in [6.07, 6.45) is -1.58. The van der Waals surface area contributed by atoms with E-state index in [-0.39, 0.29) is 29.6 Å². The van der Waals surface area contributed by atoms with Crippen LogP contribution < -0.4 is 4.74 Å². The van der Waals surface area contributed by atoms with Gasteiger partial charge in [-0.1, -0.05) is 30.3 Å². The quantitative estimate of drug-likeness (QED) is 0.687. The summed E-state index contributed by atoms with van der Waals surface area (Å²) < 4.78 is 51.0. The second-order valence-electron chi connectivity index (χ2n) is 7.59. The van der Waals surface area contributed by atoms with E-state index in [4.69, 9.17) is 9.47 Å². The van der Waals surface area contributed by atoms with Crippen molar-refractivity contribution in [2.24, 2.45) is 0 Å². The Morgan fingerprint density at radius 3 is 2.46 bits per heavy atom. The first-order chi connectivity index (χ1) is 13.3. The summed E-state index contributed by atoms with van der Waals surface area (Å²) in [6, 6.07) is 13.0. The highest BCUT2D eigenvalue weighted by atomic mass is 19.4. The van der Waals surface area contributed by atoms with Crippen molar-refractivity contribution in [3.05, 3.63) is 65.2 Å². The lowest BCUT2D eigenvalue weighted by Gasteiger charge is -2.42. The molecule has 1 heterocycles. The zero-order chi connectivity index (χ0) is 19.8. The minimum absolute atomic E-state index is 0.0507. The fourth-order valence-corrected chi connectivity index (χ4v) is 4.02. The monoisotopic (exact) mass is 390 g/mol. The van der Waals surface area contributed by atoms with Crippen LogP contribution in [0.2, 0.25) is 0 Å². The standard InChI is InChI=1S/C22H21F3O3/c23-22(24,25)16-6-7-18-19(26)13-21(28-20(18)12-16)10-8-17(9-11-21)27-14-15-4-2-1-3-5-15/h1-7,12,17H,8-11,13-14H2. The molecule has 0 N–H and O–H groups in total. The third-order valence-electron chi connectivity index (χ3n) is 5.59. The number of benzene rings is 2. The van der Waals surface area contributed by atoms with Gasteiger partial charge in [0.1, 0.15) is 11.4 Å². The minimum atomic E-state index is -4.46. The van der Waals surface area contributed by atoms with Crippen molar-refractivity contribution in [3.63, 3.8) is 0 Å². The fourth-order valence-electron chi connectivity index (χ4n) is 4.02. The number of fused-ring (bicyclic) bond motifs is 1. The van der Waals surface area contributed by atoms with Crippen molar-refractivity contribution in [3.8, 4) is 5.75 Å². The SMILES string of the molecule is O=C1CC2(CCC(OCc3ccccc3)CC2)Oc2cc(C(F)(F)F)ccc21. The zero-order valence-electron chi connectivity index (χ0n) is 15.3. The molecule has 2 aromatic rings. The summed E-state index contributed by atoms with van der Waals surface area (Å²) in [5.74, 6) is -0.103. The molecule has 3 nitrogen and oxygen atoms in total. The third kappa shape index (κ3) is 3.92. The summed E-state index contributed by atoms with van der Waals surface area (Å²) in [4.78, 5) is 12.5. The highest BCUT2D eigenvalue weighted by molar-refractivity contribution is 6.00. The van der Waals surface area contributed by atoms with E-state index in [2.05, 4.69) is 0 Å². The van der Waals surface area contributed by atoms with Gasteiger partial charge in [-0.25, -0.2) is 0 Å². The average Bonchev–Trinajstić information content (AvgIpc) is 2.67. The lowest BCUT2D eigenvalue weighted by atomic mass is 9.77. The van der Waals surface area contributed by atoms with Crippen molar-refractivity contribution in [1.29, 1.82) is 0 Å². The van der Waals surface area contributed by atoms with E-state index in [9.17, 15) is 18.0 Å². The van der Waals surface area contributed by atoms with Crippen LogP contribution in [-0.4, -0.2) is 17.5 Å². The first kappa shape index (κ1) is 19.0. The van der Waals surface area contributed by atoms with Gasteiger partial charge in [-0.05, 0) is 49.4 Å². The molecule has 1 spiro atoms. The molecule has 1 saturated carbocycles. The van der Waals surface area contributed by atoms with Crippen LogP contribution in [0.25, 0.3) is 0 Å². The topological polar surface area (TPSA) is 35.5 Å². The smallest absolute Gasteiger partial charge is 0.416 e. The molecule has 1 aliphatic carbocycles. The largest absolute Gasteiger partial charge is 0.486 e. The van der Waals surface area contributed by atoms with Crippen LogP contribution in [-0.2, 0) is 17.5 Å². The van der Waals surface area contributed by atoms with Gasteiger partial charge in [0.25, 0.3) is 0 Å². The molecule has 0 radical (unpaired) electrons. The number of halogens is 3. The van der Waals surface area contributed by atoms with Crippen molar-refractivity contribution in [2.75, 3.05) is 0 Å². The van der Waals surface area contributed by atoms with E-state index in [0.717, 1.165) is 17.7 Å². The van der Waals surface area contributed by atoms with E-state index in [1.165, 1.54) is 6.07 Å². The molecule has 28 heavy (non-hydrogen) atoms. The van der Waals surface area contributed by atoms with Crippen LogP contribution in [0.5, 0.6) is 5.75 Å². The lowest BCUT2D eigenvalue weighted by molar-refractivity contribution is -0.137. The van der Waals surface area contributed by atoms with E-state index in [1.54, 1.807) is 0 Å². The molecule has 0 bridgehead atoms. The number of hydrogen-bond acceptors (Lipinski definition) is 3. The summed E-state index contributed by atoms with van der Waals surface area (Å²) in [7, 11) is 0. The van der Waals surface area contributed by atoms with Crippen molar-refractivity contribution in [1.82, 2.24) is 0 Å². The minimum Gasteiger partial charge on any atom is -0.486 e. The Bertz CT molecular complexity index is 853. The number of carbonyl (C=O) groups excluding carboxylic acids is 1. The number of hydrogen-bond donors (Lipinski definition) is 0. The third-order valence-corrected chi connectivity index (χ3v) is 5.59. The molecule has 1 aliphatic heterocycles. The maximum Gasteiger partial charge on any atom is 0.416 e. The second kappa shape index (κ2) is 7.24. The zero-order valence-corrected chi connectivity index (χ0v) is 15.3. The van der Waals surface area contributed by atoms with Crippen LogP contribution in [0.15, 0.2) is 48.5 Å². The normalized spacial score (nSPS) is 24.7. The van der Waals surface area contributed by atoms with Gasteiger partial charge in [0, 0.05) is 0 Å². The molecule has 0 amide bonds. The number of ketones is 1. The van der Waals surface area contributed by atoms with Crippen LogP contribution in [0.3, 0.4) is 0 Å². The summed E-state index contributed by atoms with van der Waals surface area (Å²) in [5.41, 5.74) is -0.182. The van der Waals surface area contributed by atoms with Gasteiger partial charge in [0.05, 0.1) is 30.3 Å². The summed E-state index contributed by atoms with van der Waals surface area (Å²) in [6.45, 7) is 0.524. The van der Waals surface area contributed by atoms with E-state index < -0.39 is 17.3 Å². The van der Waals surface area contributed by atoms with Gasteiger partial charge in [-0.15, -0.1) is 0 Å². The second-order valence-corrected chi connectivity index (χ2v) is 7.59. The Labute approximate surface area is 161 Å².